The van der Waals surface area contributed by atoms with Crippen molar-refractivity contribution in [3.8, 4) is 0 Å². The van der Waals surface area contributed by atoms with Gasteiger partial charge in [0.15, 0.2) is 10.8 Å². The van der Waals surface area contributed by atoms with Gasteiger partial charge in [-0.1, -0.05) is 5.16 Å². The first-order valence-corrected chi connectivity index (χ1v) is 11.3. The first kappa shape index (κ1) is 26.7. The average molecular weight is 525 g/mol. The molecule has 2 amide bonds. The summed E-state index contributed by atoms with van der Waals surface area (Å²) in [5, 5.41) is 15.5. The molecule has 1 aliphatic rings. The van der Waals surface area contributed by atoms with E-state index in [0.717, 1.165) is 11.3 Å². The zero-order chi connectivity index (χ0) is 25.5. The van der Waals surface area contributed by atoms with Crippen molar-refractivity contribution in [3.05, 3.63) is 11.1 Å². The van der Waals surface area contributed by atoms with Crippen LogP contribution in [-0.4, -0.2) is 103 Å². The Kier molecular flexibility index (Phi) is 9.06. The molecule has 0 radical (unpaired) electrons. The van der Waals surface area contributed by atoms with Crippen molar-refractivity contribution in [2.24, 2.45) is 5.16 Å². The van der Waals surface area contributed by atoms with Gasteiger partial charge in [-0.3, -0.25) is 14.1 Å². The second-order valence-corrected chi connectivity index (χ2v) is 8.39. The SMILES string of the molecule is COCCOC(=O)OCC1C(NC(=O)/C(=N\OCC(=O)O)c2csc(N)n2)C(=O)N1S(=O)(=O)O. The van der Waals surface area contributed by atoms with Crippen molar-refractivity contribution >= 4 is 56.4 Å². The van der Waals surface area contributed by atoms with Gasteiger partial charge >= 0.3 is 22.4 Å². The fraction of sp³-hybridized carbons (Fsp3) is 0.467. The number of thiazole rings is 1. The normalized spacial score (nSPS) is 18.1. The summed E-state index contributed by atoms with van der Waals surface area (Å²) in [5.41, 5.74) is 4.81. The molecule has 1 aliphatic heterocycles. The van der Waals surface area contributed by atoms with Gasteiger partial charge in [0.05, 0.1) is 6.61 Å². The number of carbonyl (C=O) groups is 4. The lowest BCUT2D eigenvalue weighted by Crippen LogP contribution is -2.73. The van der Waals surface area contributed by atoms with Crippen LogP contribution in [0, 0.1) is 0 Å². The average Bonchev–Trinajstić information content (AvgIpc) is 3.16. The third-order valence-electron chi connectivity index (χ3n) is 3.91. The van der Waals surface area contributed by atoms with Gasteiger partial charge in [-0.05, 0) is 0 Å². The van der Waals surface area contributed by atoms with Crippen LogP contribution < -0.4 is 11.1 Å². The predicted molar refractivity (Wildman–Crippen MR) is 110 cm³/mol. The van der Waals surface area contributed by atoms with Crippen molar-refractivity contribution < 1.29 is 56.3 Å². The van der Waals surface area contributed by atoms with E-state index in [9.17, 15) is 32.1 Å². The van der Waals surface area contributed by atoms with Crippen LogP contribution in [0.15, 0.2) is 10.5 Å². The van der Waals surface area contributed by atoms with Crippen LogP contribution >= 0.6 is 11.3 Å². The van der Waals surface area contributed by atoms with Crippen molar-refractivity contribution in [3.63, 3.8) is 0 Å². The topological polar surface area (TPSA) is 246 Å². The summed E-state index contributed by atoms with van der Waals surface area (Å²) in [5.74, 6) is -3.77. The van der Waals surface area contributed by atoms with E-state index in [4.69, 9.17) is 15.6 Å². The van der Waals surface area contributed by atoms with Crippen LogP contribution in [0.25, 0.3) is 0 Å². The van der Waals surface area contributed by atoms with Gasteiger partial charge in [-0.25, -0.2) is 18.9 Å². The number of oxime groups is 1. The zero-order valence-corrected chi connectivity index (χ0v) is 18.9. The van der Waals surface area contributed by atoms with Gasteiger partial charge in [-0.2, -0.15) is 8.42 Å². The fourth-order valence-corrected chi connectivity index (χ4v) is 3.90. The summed E-state index contributed by atoms with van der Waals surface area (Å²) in [6, 6.07) is -3.13. The molecule has 2 rings (SSSR count). The lowest BCUT2D eigenvalue weighted by Gasteiger charge is -2.43. The molecule has 1 aromatic rings. The van der Waals surface area contributed by atoms with Crippen molar-refractivity contribution in [1.29, 1.82) is 0 Å². The molecule has 0 aliphatic carbocycles. The summed E-state index contributed by atoms with van der Waals surface area (Å²) < 4.78 is 46.4. The molecule has 2 atom stereocenters. The maximum Gasteiger partial charge on any atom is 0.508 e. The third-order valence-corrected chi connectivity index (χ3v) is 5.53. The Morgan fingerprint density at radius 2 is 2.03 bits per heavy atom. The van der Waals surface area contributed by atoms with E-state index < -0.39 is 65.3 Å². The van der Waals surface area contributed by atoms with E-state index in [0.29, 0.717) is 0 Å². The van der Waals surface area contributed by atoms with Crippen molar-refractivity contribution in [1.82, 2.24) is 14.6 Å². The van der Waals surface area contributed by atoms with Crippen molar-refractivity contribution in [2.75, 3.05) is 39.3 Å². The summed E-state index contributed by atoms with van der Waals surface area (Å²) in [6.45, 7) is -1.81. The summed E-state index contributed by atoms with van der Waals surface area (Å²) in [4.78, 5) is 55.6. The van der Waals surface area contributed by atoms with Crippen LogP contribution in [0.2, 0.25) is 0 Å². The predicted octanol–water partition coefficient (Wildman–Crippen LogP) is -2.17. The maximum atomic E-state index is 12.7. The minimum Gasteiger partial charge on any atom is -0.479 e. The molecule has 5 N–H and O–H groups in total. The quantitative estimate of drug-likeness (QED) is 0.0566. The molecule has 2 unspecified atom stereocenters. The molecule has 1 saturated heterocycles. The number of carbonyl (C=O) groups excluding carboxylic acids is 3. The number of aliphatic carboxylic acids is 1. The number of hydrogen-bond acceptors (Lipinski definition) is 14. The second kappa shape index (κ2) is 11.5. The number of amides is 2. The highest BCUT2D eigenvalue weighted by Crippen LogP contribution is 2.24. The van der Waals surface area contributed by atoms with Crippen LogP contribution in [0.5, 0.6) is 0 Å². The maximum absolute atomic E-state index is 12.7. The number of ether oxygens (including phenoxy) is 3. The van der Waals surface area contributed by atoms with Gasteiger partial charge in [0.2, 0.25) is 6.61 Å². The largest absolute Gasteiger partial charge is 0.508 e. The Labute approximate surface area is 195 Å². The van der Waals surface area contributed by atoms with E-state index in [1.54, 1.807) is 0 Å². The molecule has 34 heavy (non-hydrogen) atoms. The number of aromatic nitrogens is 1. The number of hydrogen-bond donors (Lipinski definition) is 4. The Balaban J connectivity index is 2.17. The minimum atomic E-state index is -5.06. The first-order valence-electron chi connectivity index (χ1n) is 8.98. The number of nitrogens with one attached hydrogen (secondary N) is 1. The molecule has 1 aromatic heterocycles. The summed E-state index contributed by atoms with van der Waals surface area (Å²) >= 11 is 0.919. The lowest BCUT2D eigenvalue weighted by atomic mass is 9.99. The van der Waals surface area contributed by atoms with E-state index in [-0.39, 0.29) is 28.3 Å². The molecule has 19 heteroatoms. The molecule has 0 saturated carbocycles. The highest BCUT2D eigenvalue weighted by molar-refractivity contribution is 7.84. The number of nitrogens with zero attached hydrogens (tertiary/aromatic N) is 3. The summed E-state index contributed by atoms with van der Waals surface area (Å²) in [7, 11) is -3.70. The molecule has 17 nitrogen and oxygen atoms in total. The van der Waals surface area contributed by atoms with Gasteiger partial charge in [0, 0.05) is 12.5 Å². The van der Waals surface area contributed by atoms with E-state index in [1.165, 1.54) is 12.5 Å². The van der Waals surface area contributed by atoms with Crippen LogP contribution in [0.3, 0.4) is 0 Å². The molecular formula is C15H19N5O12S2. The molecule has 2 heterocycles. The van der Waals surface area contributed by atoms with E-state index >= 15 is 0 Å². The first-order chi connectivity index (χ1) is 16.0. The van der Waals surface area contributed by atoms with Crippen molar-refractivity contribution in [2.45, 2.75) is 12.1 Å². The Morgan fingerprint density at radius 1 is 1.32 bits per heavy atom. The van der Waals surface area contributed by atoms with Gasteiger partial charge in [0.1, 0.15) is 31.0 Å². The zero-order valence-electron chi connectivity index (χ0n) is 17.3. The monoisotopic (exact) mass is 525 g/mol. The second-order valence-electron chi connectivity index (χ2n) is 6.21. The standard InChI is InChI=1S/C15H19N5O12S2/c1-29-2-3-30-15(25)31-4-8-11(13(24)20(8)34(26,27)28)18-12(23)10(19-32-5-9(21)22)7-6-33-14(16)17-7/h6,8,11H,2-5H2,1H3,(H2,16,17)(H,18,23)(H,21,22)(H,26,27,28)/b19-10-. The van der Waals surface area contributed by atoms with Gasteiger partial charge in [-0.15, -0.1) is 11.3 Å². The Morgan fingerprint density at radius 3 is 2.59 bits per heavy atom. The number of methoxy groups -OCH3 is 1. The minimum absolute atomic E-state index is 0.00104. The van der Waals surface area contributed by atoms with E-state index in [2.05, 4.69) is 29.8 Å². The highest BCUT2D eigenvalue weighted by Gasteiger charge is 2.55. The molecule has 0 spiro atoms. The van der Waals surface area contributed by atoms with Crippen LogP contribution in [-0.2, 0) is 43.7 Å². The smallest absolute Gasteiger partial charge is 0.479 e. The number of carboxylic acids is 1. The van der Waals surface area contributed by atoms with E-state index in [1.807, 2.05) is 0 Å². The molecular weight excluding hydrogens is 506 g/mol. The third kappa shape index (κ3) is 6.97. The number of anilines is 1. The van der Waals surface area contributed by atoms with Gasteiger partial charge in [0.25, 0.3) is 11.8 Å². The number of rotatable bonds is 12. The number of nitrogen functional groups attached to an aromatic ring is 1. The fourth-order valence-electron chi connectivity index (χ4n) is 2.49. The number of β-lactam (4-membered cyclic amide) rings is 1. The number of nitrogens with two attached hydrogens (primary N) is 1. The Hall–Kier alpha value is -3.55. The Bertz CT molecular complexity index is 1070. The van der Waals surface area contributed by atoms with Crippen LogP contribution in [0.4, 0.5) is 9.93 Å². The van der Waals surface area contributed by atoms with Gasteiger partial charge < -0.3 is 35.2 Å². The lowest BCUT2D eigenvalue weighted by molar-refractivity contribution is -0.147. The molecule has 0 aromatic carbocycles. The number of carboxylic acid groups (broad SMARTS) is 1. The highest BCUT2D eigenvalue weighted by atomic mass is 32.2. The molecule has 1 fully saturated rings. The van der Waals surface area contributed by atoms with Crippen LogP contribution in [0.1, 0.15) is 5.69 Å². The molecule has 188 valence electrons. The molecule has 0 bridgehead atoms. The summed E-state index contributed by atoms with van der Waals surface area (Å²) in [6.07, 6.45) is -1.22.